The third kappa shape index (κ3) is 4.69. The number of sulfone groups is 1. The lowest BCUT2D eigenvalue weighted by Gasteiger charge is -2.12. The Morgan fingerprint density at radius 1 is 1.33 bits per heavy atom. The summed E-state index contributed by atoms with van der Waals surface area (Å²) in [5, 5.41) is 1.47. The van der Waals surface area contributed by atoms with Crippen molar-refractivity contribution in [3.8, 4) is 0 Å². The molecule has 4 nitrogen and oxygen atoms in total. The molecule has 0 aromatic carbocycles. The number of hydrogen-bond acceptors (Lipinski definition) is 4. The van der Waals surface area contributed by atoms with Gasteiger partial charge in [-0.2, -0.15) is 0 Å². The van der Waals surface area contributed by atoms with Crippen LogP contribution in [0.1, 0.15) is 13.8 Å². The second kappa shape index (κ2) is 4.79. The van der Waals surface area contributed by atoms with Gasteiger partial charge in [-0.1, -0.05) is 0 Å². The summed E-state index contributed by atoms with van der Waals surface area (Å²) in [7, 11) is 0.788. The Bertz CT molecular complexity index is 209. The molecule has 0 aromatic heterocycles. The normalized spacial score (nSPS) is 12.8. The molecule has 12 heavy (non-hydrogen) atoms. The van der Waals surface area contributed by atoms with E-state index in [-0.39, 0.29) is 11.0 Å². The highest BCUT2D eigenvalue weighted by atomic mass is 32.2. The molecule has 0 saturated carbocycles. The van der Waals surface area contributed by atoms with Crippen LogP contribution in [0.25, 0.3) is 0 Å². The van der Waals surface area contributed by atoms with E-state index in [4.69, 9.17) is 0 Å². The fourth-order valence-electron chi connectivity index (χ4n) is 0.647. The van der Waals surface area contributed by atoms with E-state index in [1.165, 1.54) is 0 Å². The lowest BCUT2D eigenvalue weighted by atomic mass is 10.6. The molecule has 0 spiro atoms. The van der Waals surface area contributed by atoms with Crippen LogP contribution in [0.2, 0.25) is 0 Å². The number of hydrogen-bond donors (Lipinski definition) is 1. The van der Waals surface area contributed by atoms with Crippen LogP contribution < -0.4 is 5.43 Å². The van der Waals surface area contributed by atoms with Gasteiger partial charge >= 0.3 is 0 Å². The number of rotatable bonds is 5. The predicted molar refractivity (Wildman–Crippen MR) is 50.6 cm³/mol. The van der Waals surface area contributed by atoms with Gasteiger partial charge in [-0.25, -0.2) is 8.42 Å². The smallest absolute Gasteiger partial charge is 0.153 e. The minimum absolute atomic E-state index is 0.197. The quantitative estimate of drug-likeness (QED) is 0.620. The van der Waals surface area contributed by atoms with Crippen LogP contribution in [-0.2, 0) is 9.84 Å². The zero-order chi connectivity index (χ0) is 9.78. The molecule has 0 amide bonds. The molecule has 0 aliphatic heterocycles. The number of nitrogens with zero attached hydrogens (tertiary/aromatic N) is 1. The molecular formula is C7H18N2O2S. The standard InChI is InChI=1S/C7H18N2O2S/c1-7(2)12(10,11)6-5-8-9(3)4/h7-8H,5-6H2,1-4H3. The minimum Gasteiger partial charge on any atom is -0.255 e. The minimum atomic E-state index is -2.88. The van der Waals surface area contributed by atoms with Gasteiger partial charge in [0.15, 0.2) is 9.84 Å². The Balaban J connectivity index is 3.79. The van der Waals surface area contributed by atoms with Crippen LogP contribution in [0.4, 0.5) is 0 Å². The topological polar surface area (TPSA) is 49.4 Å². The van der Waals surface area contributed by atoms with Crippen LogP contribution in [0.5, 0.6) is 0 Å². The van der Waals surface area contributed by atoms with Gasteiger partial charge in [0.2, 0.25) is 0 Å². The summed E-state index contributed by atoms with van der Waals surface area (Å²) in [6.45, 7) is 3.88. The van der Waals surface area contributed by atoms with Crippen LogP contribution in [0.15, 0.2) is 0 Å². The van der Waals surface area contributed by atoms with Crippen molar-refractivity contribution in [3.63, 3.8) is 0 Å². The molecule has 0 rings (SSSR count). The van der Waals surface area contributed by atoms with E-state index in [1.807, 2.05) is 14.1 Å². The summed E-state index contributed by atoms with van der Waals surface area (Å²) in [4.78, 5) is 0. The van der Waals surface area contributed by atoms with Gasteiger partial charge in [0.05, 0.1) is 11.0 Å². The Morgan fingerprint density at radius 3 is 2.17 bits per heavy atom. The van der Waals surface area contributed by atoms with Crippen molar-refractivity contribution >= 4 is 9.84 Å². The van der Waals surface area contributed by atoms with Crippen LogP contribution in [0, 0.1) is 0 Å². The van der Waals surface area contributed by atoms with Gasteiger partial charge in [-0.05, 0) is 13.8 Å². The summed E-state index contributed by atoms with van der Waals surface area (Å²) in [6.07, 6.45) is 0. The molecule has 1 N–H and O–H groups in total. The van der Waals surface area contributed by atoms with E-state index in [9.17, 15) is 8.42 Å². The molecular weight excluding hydrogens is 176 g/mol. The van der Waals surface area contributed by atoms with Gasteiger partial charge in [0, 0.05) is 20.6 Å². The summed E-state index contributed by atoms with van der Waals surface area (Å²) >= 11 is 0. The summed E-state index contributed by atoms with van der Waals surface area (Å²) in [6, 6.07) is 0. The molecule has 0 atom stereocenters. The molecule has 5 heteroatoms. The SMILES string of the molecule is CC(C)S(=O)(=O)CCNN(C)C. The molecule has 0 aliphatic rings. The first-order chi connectivity index (χ1) is 5.36. The van der Waals surface area contributed by atoms with Crippen LogP contribution in [-0.4, -0.2) is 45.1 Å². The molecule has 74 valence electrons. The van der Waals surface area contributed by atoms with E-state index < -0.39 is 9.84 Å². The zero-order valence-corrected chi connectivity index (χ0v) is 8.98. The molecule has 0 fully saturated rings. The molecule has 0 aromatic rings. The first-order valence-corrected chi connectivity index (χ1v) is 5.70. The summed E-state index contributed by atoms with van der Waals surface area (Å²) < 4.78 is 22.5. The first-order valence-electron chi connectivity index (χ1n) is 3.98. The largest absolute Gasteiger partial charge is 0.255 e. The van der Waals surface area contributed by atoms with Crippen LogP contribution in [0.3, 0.4) is 0 Å². The van der Waals surface area contributed by atoms with Crippen molar-refractivity contribution in [1.29, 1.82) is 0 Å². The third-order valence-corrected chi connectivity index (χ3v) is 3.74. The Hall–Kier alpha value is -0.130. The highest BCUT2D eigenvalue weighted by Gasteiger charge is 2.14. The van der Waals surface area contributed by atoms with Gasteiger partial charge in [0.1, 0.15) is 0 Å². The average molecular weight is 194 g/mol. The van der Waals surface area contributed by atoms with E-state index in [0.717, 1.165) is 0 Å². The van der Waals surface area contributed by atoms with Crippen molar-refractivity contribution < 1.29 is 8.42 Å². The van der Waals surface area contributed by atoms with Crippen molar-refractivity contribution in [2.75, 3.05) is 26.4 Å². The van der Waals surface area contributed by atoms with Gasteiger partial charge in [-0.15, -0.1) is 0 Å². The Labute approximate surface area is 74.8 Å². The van der Waals surface area contributed by atoms with E-state index in [0.29, 0.717) is 6.54 Å². The highest BCUT2D eigenvalue weighted by molar-refractivity contribution is 7.92. The van der Waals surface area contributed by atoms with E-state index in [1.54, 1.807) is 18.9 Å². The highest BCUT2D eigenvalue weighted by Crippen LogP contribution is 1.98. The second-order valence-electron chi connectivity index (χ2n) is 3.22. The maximum absolute atomic E-state index is 11.3. The number of hydrazine groups is 1. The lowest BCUT2D eigenvalue weighted by molar-refractivity contribution is 0.299. The number of nitrogens with one attached hydrogen (secondary N) is 1. The van der Waals surface area contributed by atoms with Crippen molar-refractivity contribution in [2.45, 2.75) is 19.1 Å². The molecule has 0 unspecified atom stereocenters. The fourth-order valence-corrected chi connectivity index (χ4v) is 1.49. The molecule has 0 aliphatic carbocycles. The van der Waals surface area contributed by atoms with Crippen molar-refractivity contribution in [1.82, 2.24) is 10.4 Å². The summed E-state index contributed by atoms with van der Waals surface area (Å²) in [5.41, 5.74) is 2.91. The Morgan fingerprint density at radius 2 is 1.83 bits per heavy atom. The van der Waals surface area contributed by atoms with Crippen molar-refractivity contribution in [3.05, 3.63) is 0 Å². The molecule has 0 heterocycles. The van der Waals surface area contributed by atoms with Crippen LogP contribution >= 0.6 is 0 Å². The first kappa shape index (κ1) is 11.9. The maximum Gasteiger partial charge on any atom is 0.153 e. The molecule has 0 saturated heterocycles. The lowest BCUT2D eigenvalue weighted by Crippen LogP contribution is -2.35. The van der Waals surface area contributed by atoms with E-state index >= 15 is 0 Å². The monoisotopic (exact) mass is 194 g/mol. The predicted octanol–water partition coefficient (Wildman–Crippen LogP) is -0.124. The second-order valence-corrected chi connectivity index (χ2v) is 5.90. The average Bonchev–Trinajstić information content (AvgIpc) is 1.85. The van der Waals surface area contributed by atoms with Gasteiger partial charge in [0.25, 0.3) is 0 Å². The molecule has 0 radical (unpaired) electrons. The van der Waals surface area contributed by atoms with E-state index in [2.05, 4.69) is 5.43 Å². The Kier molecular flexibility index (Phi) is 4.74. The fraction of sp³-hybridized carbons (Fsp3) is 1.00. The molecule has 0 bridgehead atoms. The maximum atomic E-state index is 11.3. The summed E-state index contributed by atoms with van der Waals surface area (Å²) in [5.74, 6) is 0.197. The zero-order valence-electron chi connectivity index (χ0n) is 8.16. The van der Waals surface area contributed by atoms with Gasteiger partial charge < -0.3 is 0 Å². The van der Waals surface area contributed by atoms with Crippen molar-refractivity contribution in [2.24, 2.45) is 0 Å². The third-order valence-electron chi connectivity index (χ3n) is 1.53. The van der Waals surface area contributed by atoms with Gasteiger partial charge in [-0.3, -0.25) is 10.4 Å².